The number of nitrogens with one attached hydrogen (secondary N) is 1. The van der Waals surface area contributed by atoms with Crippen LogP contribution in [0, 0.1) is 0 Å². The Balaban J connectivity index is 1.68. The number of furan rings is 1. The first-order valence-corrected chi connectivity index (χ1v) is 8.38. The molecule has 4 rings (SSSR count). The summed E-state index contributed by atoms with van der Waals surface area (Å²) >= 11 is 0. The maximum atomic E-state index is 11.1. The maximum Gasteiger partial charge on any atom is 0.267 e. The van der Waals surface area contributed by atoms with Crippen LogP contribution >= 0.6 is 0 Å². The topological polar surface area (TPSA) is 132 Å². The zero-order valence-corrected chi connectivity index (χ0v) is 14.6. The number of benzene rings is 1. The third kappa shape index (κ3) is 3.46. The fourth-order valence-electron chi connectivity index (χ4n) is 2.87. The highest BCUT2D eigenvalue weighted by molar-refractivity contribution is 5.91. The average Bonchev–Trinajstić information content (AvgIpc) is 3.37. The van der Waals surface area contributed by atoms with Gasteiger partial charge in [-0.05, 0) is 35.4 Å². The van der Waals surface area contributed by atoms with Crippen molar-refractivity contribution in [2.45, 2.75) is 6.54 Å². The van der Waals surface area contributed by atoms with Crippen molar-refractivity contribution < 1.29 is 14.4 Å². The third-order valence-corrected chi connectivity index (χ3v) is 4.09. The van der Waals surface area contributed by atoms with E-state index in [1.807, 2.05) is 24.3 Å². The Morgan fingerprint density at radius 1 is 1.29 bits per heavy atom. The van der Waals surface area contributed by atoms with Gasteiger partial charge in [-0.1, -0.05) is 18.2 Å². The number of hydrogen-bond donors (Lipinski definition) is 3. The summed E-state index contributed by atoms with van der Waals surface area (Å²) in [7, 11) is 0. The van der Waals surface area contributed by atoms with Crippen molar-refractivity contribution in [1.29, 1.82) is 0 Å². The van der Waals surface area contributed by atoms with E-state index in [2.05, 4.69) is 15.1 Å². The number of anilines is 1. The molecule has 0 fully saturated rings. The van der Waals surface area contributed by atoms with Crippen molar-refractivity contribution in [2.75, 3.05) is 5.73 Å². The molecule has 0 aliphatic carbocycles. The van der Waals surface area contributed by atoms with E-state index in [0.717, 1.165) is 16.5 Å². The molecular formula is C19H16N6O3. The van der Waals surface area contributed by atoms with Crippen LogP contribution in [0.15, 0.2) is 59.4 Å². The van der Waals surface area contributed by atoms with Gasteiger partial charge >= 0.3 is 0 Å². The van der Waals surface area contributed by atoms with Gasteiger partial charge in [-0.2, -0.15) is 10.1 Å². The van der Waals surface area contributed by atoms with E-state index < -0.39 is 5.91 Å². The van der Waals surface area contributed by atoms with Gasteiger partial charge in [0.05, 0.1) is 24.4 Å². The van der Waals surface area contributed by atoms with Crippen LogP contribution in [0.4, 0.5) is 5.95 Å². The van der Waals surface area contributed by atoms with E-state index in [0.29, 0.717) is 23.6 Å². The van der Waals surface area contributed by atoms with Crippen molar-refractivity contribution in [3.63, 3.8) is 0 Å². The van der Waals surface area contributed by atoms with E-state index >= 15 is 0 Å². The van der Waals surface area contributed by atoms with Crippen molar-refractivity contribution >= 4 is 29.0 Å². The smallest absolute Gasteiger partial charge is 0.267 e. The predicted octanol–water partition coefficient (Wildman–Crippen LogP) is 2.24. The Hall–Kier alpha value is -3.98. The summed E-state index contributed by atoms with van der Waals surface area (Å²) in [6.45, 7) is 0.450. The minimum Gasteiger partial charge on any atom is -0.463 e. The maximum absolute atomic E-state index is 11.1. The van der Waals surface area contributed by atoms with Crippen LogP contribution in [0.3, 0.4) is 0 Å². The molecule has 9 heteroatoms. The first-order valence-electron chi connectivity index (χ1n) is 8.38. The molecule has 140 valence electrons. The molecule has 3 aromatic heterocycles. The van der Waals surface area contributed by atoms with Crippen LogP contribution < -0.4 is 11.2 Å². The highest BCUT2D eigenvalue weighted by atomic mass is 16.5. The molecule has 0 bridgehead atoms. The SMILES string of the molecule is Nc1nc(-c2ccco2)c2cnn(Cc3cccc(/C=C/C(=O)NO)c3)c2n1. The number of carbonyl (C=O) groups is 1. The van der Waals surface area contributed by atoms with Gasteiger partial charge in [-0.25, -0.2) is 15.1 Å². The monoisotopic (exact) mass is 376 g/mol. The number of nitrogens with zero attached hydrogens (tertiary/aromatic N) is 4. The Labute approximate surface area is 159 Å². The minimum absolute atomic E-state index is 0.132. The van der Waals surface area contributed by atoms with Crippen molar-refractivity contribution in [3.05, 3.63) is 66.1 Å². The molecule has 0 radical (unpaired) electrons. The molecule has 4 aromatic rings. The second-order valence-electron chi connectivity index (χ2n) is 6.00. The standard InChI is InChI=1S/C19H16N6O3/c20-19-22-17(15-5-2-8-28-15)14-10-21-25(18(14)23-19)11-13-4-1-3-12(9-13)6-7-16(26)24-27/h1-10,27H,11H2,(H,24,26)(H2,20,22,23)/b7-6+. The Bertz CT molecular complexity index is 1160. The molecule has 3 heterocycles. The number of aromatic nitrogens is 4. The van der Waals surface area contributed by atoms with Gasteiger partial charge in [-0.3, -0.25) is 10.0 Å². The number of nitrogen functional groups attached to an aromatic ring is 1. The second-order valence-corrected chi connectivity index (χ2v) is 6.00. The molecule has 0 spiro atoms. The summed E-state index contributed by atoms with van der Waals surface area (Å²) in [4.78, 5) is 19.7. The third-order valence-electron chi connectivity index (χ3n) is 4.09. The Kier molecular flexibility index (Phi) is 4.56. The van der Waals surface area contributed by atoms with E-state index in [9.17, 15) is 4.79 Å². The predicted molar refractivity (Wildman–Crippen MR) is 102 cm³/mol. The highest BCUT2D eigenvalue weighted by Crippen LogP contribution is 2.27. The van der Waals surface area contributed by atoms with E-state index in [-0.39, 0.29) is 5.95 Å². The van der Waals surface area contributed by atoms with Crippen LogP contribution in [-0.4, -0.2) is 30.9 Å². The molecular weight excluding hydrogens is 360 g/mol. The molecule has 9 nitrogen and oxygen atoms in total. The number of fused-ring (bicyclic) bond motifs is 1. The molecule has 0 saturated heterocycles. The first-order chi connectivity index (χ1) is 13.6. The van der Waals surface area contributed by atoms with Crippen molar-refractivity contribution in [3.8, 4) is 11.5 Å². The second kappa shape index (κ2) is 7.33. The lowest BCUT2D eigenvalue weighted by Gasteiger charge is -2.06. The molecule has 0 saturated carbocycles. The molecule has 1 amide bonds. The lowest BCUT2D eigenvalue weighted by atomic mass is 10.1. The van der Waals surface area contributed by atoms with Crippen molar-refractivity contribution in [2.24, 2.45) is 0 Å². The summed E-state index contributed by atoms with van der Waals surface area (Å²) in [6, 6.07) is 11.1. The molecule has 0 aliphatic rings. The number of rotatable bonds is 5. The zero-order chi connectivity index (χ0) is 19.5. The fraction of sp³-hybridized carbons (Fsp3) is 0.0526. The Morgan fingerprint density at radius 2 is 2.18 bits per heavy atom. The van der Waals surface area contributed by atoms with Gasteiger partial charge in [0, 0.05) is 6.08 Å². The molecule has 0 aliphatic heterocycles. The molecule has 28 heavy (non-hydrogen) atoms. The lowest BCUT2D eigenvalue weighted by molar-refractivity contribution is -0.124. The first kappa shape index (κ1) is 17.4. The van der Waals surface area contributed by atoms with E-state index in [4.69, 9.17) is 15.4 Å². The molecule has 1 aromatic carbocycles. The van der Waals surface area contributed by atoms with E-state index in [1.54, 1.807) is 40.8 Å². The van der Waals surface area contributed by atoms with Gasteiger partial charge in [0.2, 0.25) is 5.95 Å². The zero-order valence-electron chi connectivity index (χ0n) is 14.6. The Morgan fingerprint density at radius 3 is 2.96 bits per heavy atom. The summed E-state index contributed by atoms with van der Waals surface area (Å²) in [5.74, 6) is 0.126. The van der Waals surface area contributed by atoms with Crippen LogP contribution in [0.5, 0.6) is 0 Å². The summed E-state index contributed by atoms with van der Waals surface area (Å²) in [5.41, 5.74) is 10.4. The highest BCUT2D eigenvalue weighted by Gasteiger charge is 2.15. The van der Waals surface area contributed by atoms with Gasteiger partial charge < -0.3 is 10.2 Å². The molecule has 4 N–H and O–H groups in total. The van der Waals surface area contributed by atoms with Gasteiger partial charge in [0.15, 0.2) is 11.4 Å². The summed E-state index contributed by atoms with van der Waals surface area (Å²) in [6.07, 6.45) is 6.10. The lowest BCUT2D eigenvalue weighted by Crippen LogP contribution is -2.14. The van der Waals surface area contributed by atoms with E-state index in [1.165, 1.54) is 6.08 Å². The number of hydrogen-bond acceptors (Lipinski definition) is 7. The normalized spacial score (nSPS) is 11.3. The number of amides is 1. The number of carbonyl (C=O) groups excluding carboxylic acids is 1. The van der Waals surface area contributed by atoms with Crippen LogP contribution in [0.1, 0.15) is 11.1 Å². The van der Waals surface area contributed by atoms with Gasteiger partial charge in [0.1, 0.15) is 5.69 Å². The molecule has 0 atom stereocenters. The number of hydroxylamine groups is 1. The van der Waals surface area contributed by atoms with Gasteiger partial charge in [-0.15, -0.1) is 0 Å². The quantitative estimate of drug-likeness (QED) is 0.276. The van der Waals surface area contributed by atoms with Crippen LogP contribution in [0.25, 0.3) is 28.6 Å². The number of nitrogens with two attached hydrogens (primary N) is 1. The fourth-order valence-corrected chi connectivity index (χ4v) is 2.87. The van der Waals surface area contributed by atoms with Crippen LogP contribution in [-0.2, 0) is 11.3 Å². The van der Waals surface area contributed by atoms with Crippen LogP contribution in [0.2, 0.25) is 0 Å². The average molecular weight is 376 g/mol. The largest absolute Gasteiger partial charge is 0.463 e. The minimum atomic E-state index is -0.596. The van der Waals surface area contributed by atoms with Crippen molar-refractivity contribution in [1.82, 2.24) is 25.2 Å². The summed E-state index contributed by atoms with van der Waals surface area (Å²) in [5, 5.41) is 13.7. The van der Waals surface area contributed by atoms with Gasteiger partial charge in [0.25, 0.3) is 5.91 Å². The summed E-state index contributed by atoms with van der Waals surface area (Å²) < 4.78 is 7.17. The molecule has 0 unspecified atom stereocenters.